The lowest BCUT2D eigenvalue weighted by atomic mass is 9.50. The predicted molar refractivity (Wildman–Crippen MR) is 371 cm³/mol. The average Bonchev–Trinajstić information content (AvgIpc) is 0.662. The summed E-state index contributed by atoms with van der Waals surface area (Å²) in [5.74, 6) is -34.3. The Morgan fingerprint density at radius 2 is 0.627 bits per heavy atom. The number of rotatable bonds is 26. The Morgan fingerprint density at radius 1 is 0.364 bits per heavy atom. The first-order valence-corrected chi connectivity index (χ1v) is 33.9. The van der Waals surface area contributed by atoms with E-state index >= 15 is 9.59 Å². The van der Waals surface area contributed by atoms with Gasteiger partial charge in [0.1, 0.15) is 12.2 Å². The first kappa shape index (κ1) is 78.5. The summed E-state index contributed by atoms with van der Waals surface area (Å²) in [4.78, 5) is 116. The standard InChI is InChI=1S/C78H76O32/c1-99-71(93)57(27-35-7-15-45(79)51(85)23-35)105-61(91)21-13-41-31-43-63(39-11-19-49(83)55(89)33-39)65(75(97)107-59(73(95)101-3)29-37-9-17-47(81)53(87)25-37)67(41)77(103-5)69(43)110-78(104-6)68-42(14-22-62(92)106-58(72(94)100-2)28-36-8-16-46(80)52(86)24-36)32-44(70(78)109-77)64(40-12-20-50(84)56(90)34-40)66(68)76(98)108-60(74(96)102-4)30-38-10-18-48(82)54(88)26-38/h7-26,31-34,43-44,57-60,63-70,79-90H,27-30H2,1-6H3/b21-13+,22-14+/t43-,44+,57?,58?,59?,60?,63-,64-,65+,66+,67-,68-,69?,70?,77+,78+/m0/s1. The molecule has 32 nitrogen and oxygen atoms in total. The van der Waals surface area contributed by atoms with E-state index in [4.69, 9.17) is 56.8 Å². The Labute approximate surface area is 624 Å². The highest BCUT2D eigenvalue weighted by Crippen LogP contribution is 2.69. The van der Waals surface area contributed by atoms with Gasteiger partial charge in [0.15, 0.2) is 69.0 Å². The number of carbonyl (C=O) groups is 8. The van der Waals surface area contributed by atoms with Crippen molar-refractivity contribution in [2.24, 2.45) is 35.5 Å². The Kier molecular flexibility index (Phi) is 22.9. The van der Waals surface area contributed by atoms with Crippen LogP contribution in [0.2, 0.25) is 0 Å². The number of ether oxygens (including phenoxy) is 12. The number of phenols is 12. The van der Waals surface area contributed by atoms with Gasteiger partial charge in [-0.05, 0) is 117 Å². The molecule has 6 aromatic rings. The number of methoxy groups -OCH3 is 6. The third kappa shape index (κ3) is 15.4. The van der Waals surface area contributed by atoms with E-state index in [9.17, 15) is 90.0 Å². The van der Waals surface area contributed by atoms with Crippen LogP contribution in [0.3, 0.4) is 0 Å². The van der Waals surface area contributed by atoms with Crippen molar-refractivity contribution in [1.82, 2.24) is 0 Å². The molecule has 3 fully saturated rings. The predicted octanol–water partition coefficient (Wildman–Crippen LogP) is 5.52. The average molecular weight is 1530 g/mol. The minimum atomic E-state index is -2.47. The molecule has 1 aliphatic heterocycles. The van der Waals surface area contributed by atoms with Crippen LogP contribution in [-0.4, -0.2) is 200 Å². The molecule has 13 rings (SSSR count). The zero-order chi connectivity index (χ0) is 79.5. The molecule has 2 saturated carbocycles. The minimum absolute atomic E-state index is 0.0284. The van der Waals surface area contributed by atoms with Crippen molar-refractivity contribution >= 4 is 47.8 Å². The largest absolute Gasteiger partial charge is 0.504 e. The van der Waals surface area contributed by atoms with E-state index in [0.29, 0.717) is 0 Å². The Morgan fingerprint density at radius 3 is 0.882 bits per heavy atom. The van der Waals surface area contributed by atoms with E-state index < -0.39 is 238 Å². The van der Waals surface area contributed by atoms with Crippen LogP contribution in [0.1, 0.15) is 45.2 Å². The summed E-state index contributed by atoms with van der Waals surface area (Å²) < 4.78 is 72.6. The summed E-state index contributed by atoms with van der Waals surface area (Å²) in [6, 6.07) is 21.3. The Bertz CT molecular complexity index is 4440. The molecule has 6 unspecified atom stereocenters. The second-order valence-electron chi connectivity index (χ2n) is 26.5. The van der Waals surface area contributed by atoms with Crippen LogP contribution in [0.5, 0.6) is 69.0 Å². The van der Waals surface area contributed by atoms with Gasteiger partial charge in [0.25, 0.3) is 0 Å². The molecule has 6 aromatic carbocycles. The fourth-order valence-corrected chi connectivity index (χ4v) is 15.4. The zero-order valence-electron chi connectivity index (χ0n) is 59.3. The molecule has 7 aliphatic rings. The van der Waals surface area contributed by atoms with Crippen LogP contribution in [0, 0.1) is 35.5 Å². The highest BCUT2D eigenvalue weighted by atomic mass is 16.8. The normalized spacial score (nSPS) is 24.6. The lowest BCUT2D eigenvalue weighted by Gasteiger charge is -2.69. The maximum Gasteiger partial charge on any atom is 0.347 e. The number of fused-ring (bicyclic) bond motifs is 2. The van der Waals surface area contributed by atoms with Crippen molar-refractivity contribution in [3.8, 4) is 69.0 Å². The molecule has 4 bridgehead atoms. The zero-order valence-corrected chi connectivity index (χ0v) is 59.3. The Hall–Kier alpha value is -12.5. The van der Waals surface area contributed by atoms with Crippen LogP contribution >= 0.6 is 0 Å². The molecule has 32 heteroatoms. The fraction of sp³-hybridized carbons (Fsp3) is 0.333. The number of esters is 8. The van der Waals surface area contributed by atoms with Crippen molar-refractivity contribution in [1.29, 1.82) is 0 Å². The first-order chi connectivity index (χ1) is 52.4. The van der Waals surface area contributed by atoms with Crippen molar-refractivity contribution in [3.05, 3.63) is 190 Å². The maximum atomic E-state index is 16.1. The number of aromatic hydroxyl groups is 12. The van der Waals surface area contributed by atoms with Crippen molar-refractivity contribution in [3.63, 3.8) is 0 Å². The van der Waals surface area contributed by atoms with Crippen LogP contribution in [-0.2, 0) is 121 Å². The van der Waals surface area contributed by atoms with E-state index in [2.05, 4.69) is 0 Å². The fourth-order valence-electron chi connectivity index (χ4n) is 15.4. The van der Waals surface area contributed by atoms with E-state index in [1.165, 1.54) is 60.7 Å². The van der Waals surface area contributed by atoms with Crippen molar-refractivity contribution in [2.45, 2.75) is 85.7 Å². The van der Waals surface area contributed by atoms with Gasteiger partial charge >= 0.3 is 47.8 Å². The Balaban J connectivity index is 1.11. The molecule has 16 atom stereocenters. The second kappa shape index (κ2) is 32.1. The van der Waals surface area contributed by atoms with E-state index in [-0.39, 0.29) is 44.5 Å². The SMILES string of the molecule is COC(=O)C(Cc1ccc(O)c(O)c1)OC(=O)/C=C/C1=C[C@@H]2C3O[C@@]4(OC)C(O[C@]3(OC)[C@@H]1[C@H](C(=O)OC(Cc1ccc(O)c(O)c1)C(=O)OC)[C@H]2c1ccc(O)c(O)c1)[C@@H]1C=C(/C=C/C(=O)OC(Cc2ccc(O)c(O)c2)C(=O)OC)[C@H]4[C@H](C(=O)OC(Cc2ccc(O)c(O)c2)C(=O)OC)[C@H]1c1ccc(O)c(O)c1. The van der Waals surface area contributed by atoms with Crippen LogP contribution < -0.4 is 0 Å². The number of benzene rings is 6. The van der Waals surface area contributed by atoms with Crippen LogP contribution in [0.4, 0.5) is 0 Å². The lowest BCUT2D eigenvalue weighted by Crippen LogP contribution is -2.80. The smallest absolute Gasteiger partial charge is 0.347 e. The molecule has 0 amide bonds. The van der Waals surface area contributed by atoms with E-state index in [1.807, 2.05) is 0 Å². The van der Waals surface area contributed by atoms with Crippen LogP contribution in [0.15, 0.2) is 157 Å². The van der Waals surface area contributed by atoms with E-state index in [1.54, 1.807) is 0 Å². The molecule has 0 radical (unpaired) electrons. The number of carbonyl (C=O) groups excluding carboxylic acids is 8. The highest BCUT2D eigenvalue weighted by Gasteiger charge is 2.78. The van der Waals surface area contributed by atoms with Gasteiger partial charge in [0.05, 0.1) is 52.1 Å². The van der Waals surface area contributed by atoms with Crippen molar-refractivity contribution in [2.75, 3.05) is 42.7 Å². The van der Waals surface area contributed by atoms with Gasteiger partial charge in [-0.25, -0.2) is 28.8 Å². The molecule has 0 aromatic heterocycles. The number of allylic oxidation sites excluding steroid dienone is 2. The number of phenolic OH excluding ortho intramolecular Hbond substituents is 12. The summed E-state index contributed by atoms with van der Waals surface area (Å²) in [7, 11) is 6.35. The topological polar surface area (TPSA) is 490 Å². The molecule has 6 aliphatic carbocycles. The summed E-state index contributed by atoms with van der Waals surface area (Å²) in [6.07, 6.45) is -5.32. The third-order valence-corrected chi connectivity index (χ3v) is 20.3. The molecule has 12 N–H and O–H groups in total. The monoisotopic (exact) mass is 1520 g/mol. The molecule has 580 valence electrons. The highest BCUT2D eigenvalue weighted by molar-refractivity contribution is 5.89. The molecule has 1 heterocycles. The second-order valence-corrected chi connectivity index (χ2v) is 26.5. The summed E-state index contributed by atoms with van der Waals surface area (Å²) in [5.41, 5.74) is 0.705. The molecule has 1 saturated heterocycles. The first-order valence-electron chi connectivity index (χ1n) is 33.9. The van der Waals surface area contributed by atoms with Crippen molar-refractivity contribution < 1.29 is 156 Å². The van der Waals surface area contributed by atoms with Gasteiger partial charge < -0.3 is 118 Å². The molecular weight excluding hydrogens is 1450 g/mol. The summed E-state index contributed by atoms with van der Waals surface area (Å²) >= 11 is 0. The molecule has 110 heavy (non-hydrogen) atoms. The van der Waals surface area contributed by atoms with Gasteiger partial charge in [-0.15, -0.1) is 0 Å². The van der Waals surface area contributed by atoms with Gasteiger partial charge in [-0.2, -0.15) is 0 Å². The lowest BCUT2D eigenvalue weighted by molar-refractivity contribution is -0.482. The minimum Gasteiger partial charge on any atom is -0.504 e. The van der Waals surface area contributed by atoms with Crippen LogP contribution in [0.25, 0.3) is 0 Å². The summed E-state index contributed by atoms with van der Waals surface area (Å²) in [5, 5.41) is 127. The molecular formula is C78H76O32. The summed E-state index contributed by atoms with van der Waals surface area (Å²) in [6.45, 7) is 0. The van der Waals surface area contributed by atoms with E-state index in [0.717, 1.165) is 128 Å². The van der Waals surface area contributed by atoms with Gasteiger partial charge in [0, 0.05) is 75.7 Å². The quantitative estimate of drug-likeness (QED) is 0.0138. The van der Waals surface area contributed by atoms with Gasteiger partial charge in [-0.1, -0.05) is 60.7 Å². The van der Waals surface area contributed by atoms with Gasteiger partial charge in [0.2, 0.25) is 36.0 Å². The number of hydrogen-bond acceptors (Lipinski definition) is 32. The molecule has 0 spiro atoms. The van der Waals surface area contributed by atoms with Gasteiger partial charge in [-0.3, -0.25) is 9.59 Å². The maximum absolute atomic E-state index is 16.1. The third-order valence-electron chi connectivity index (χ3n) is 20.3. The number of hydrogen-bond donors (Lipinski definition) is 12.